The van der Waals surface area contributed by atoms with Gasteiger partial charge in [-0.05, 0) is 35.9 Å². The second-order valence-corrected chi connectivity index (χ2v) is 6.32. The predicted octanol–water partition coefficient (Wildman–Crippen LogP) is 6.33. The predicted molar refractivity (Wildman–Crippen MR) is 80.4 cm³/mol. The third-order valence-electron chi connectivity index (χ3n) is 2.45. The largest absolute Gasteiger partial charge is 0.169 e. The summed E-state index contributed by atoms with van der Waals surface area (Å²) in [6.07, 6.45) is 0. The van der Waals surface area contributed by atoms with E-state index in [-0.39, 0.29) is 0 Å². The summed E-state index contributed by atoms with van der Waals surface area (Å²) in [7, 11) is 0. The fourth-order valence-corrected chi connectivity index (χ4v) is 2.84. The molecule has 0 aliphatic heterocycles. The number of rotatable bonds is 2. The van der Waals surface area contributed by atoms with E-state index in [9.17, 15) is 0 Å². The van der Waals surface area contributed by atoms with Crippen LogP contribution in [0.1, 0.15) is 11.1 Å². The van der Waals surface area contributed by atoms with E-state index in [0.717, 1.165) is 0 Å². The van der Waals surface area contributed by atoms with Crippen LogP contribution in [-0.4, -0.2) is 0 Å². The minimum atomic E-state index is -1.30. The van der Waals surface area contributed by atoms with Crippen molar-refractivity contribution >= 4 is 58.0 Å². The summed E-state index contributed by atoms with van der Waals surface area (Å²) in [5, 5.41) is 1.52. The maximum Gasteiger partial charge on any atom is 0.169 e. The summed E-state index contributed by atoms with van der Waals surface area (Å²) in [4.78, 5) is 0. The van der Waals surface area contributed by atoms with Crippen molar-refractivity contribution in [3.8, 4) is 0 Å². The van der Waals surface area contributed by atoms with Gasteiger partial charge in [0, 0.05) is 20.6 Å². The zero-order chi connectivity index (χ0) is 13.3. The lowest BCUT2D eigenvalue weighted by molar-refractivity contribution is 1.04. The Morgan fingerprint density at radius 2 is 1.44 bits per heavy atom. The maximum absolute atomic E-state index is 6.40. The van der Waals surface area contributed by atoms with Gasteiger partial charge in [0.15, 0.2) is 4.33 Å². The lowest BCUT2D eigenvalue weighted by Crippen LogP contribution is -2.13. The molecule has 2 rings (SSSR count). The van der Waals surface area contributed by atoms with Crippen LogP contribution in [0, 0.1) is 0 Å². The Labute approximate surface area is 130 Å². The number of alkyl halides is 2. The first-order valence-electron chi connectivity index (χ1n) is 5.00. The van der Waals surface area contributed by atoms with E-state index in [1.165, 1.54) is 0 Å². The molecular formula is C13H7Cl5. The monoisotopic (exact) mass is 338 g/mol. The molecule has 0 saturated carbocycles. The lowest BCUT2D eigenvalue weighted by atomic mass is 10.0. The molecule has 0 fully saturated rings. The number of hydrogen-bond acceptors (Lipinski definition) is 0. The van der Waals surface area contributed by atoms with Gasteiger partial charge in [-0.1, -0.05) is 70.1 Å². The molecule has 5 heteroatoms. The van der Waals surface area contributed by atoms with Gasteiger partial charge >= 0.3 is 0 Å². The van der Waals surface area contributed by atoms with E-state index in [1.807, 2.05) is 0 Å². The third kappa shape index (κ3) is 2.89. The molecule has 0 heterocycles. The first-order valence-corrected chi connectivity index (χ1v) is 6.89. The third-order valence-corrected chi connectivity index (χ3v) is 4.10. The Bertz CT molecular complexity index is 577. The fraction of sp³-hybridized carbons (Fsp3) is 0.0769. The van der Waals surface area contributed by atoms with Gasteiger partial charge in [-0.3, -0.25) is 0 Å². The Kier molecular flexibility index (Phi) is 4.36. The number of halogens is 5. The zero-order valence-electron chi connectivity index (χ0n) is 8.93. The summed E-state index contributed by atoms with van der Waals surface area (Å²) < 4.78 is -1.30. The van der Waals surface area contributed by atoms with Crippen LogP contribution in [0.25, 0.3) is 0 Å². The summed E-state index contributed by atoms with van der Waals surface area (Å²) in [5.74, 6) is 0. The van der Waals surface area contributed by atoms with Gasteiger partial charge < -0.3 is 0 Å². The summed E-state index contributed by atoms with van der Waals surface area (Å²) in [6, 6.07) is 12.0. The first kappa shape index (κ1) is 14.3. The van der Waals surface area contributed by atoms with Crippen molar-refractivity contribution in [3.63, 3.8) is 0 Å². The molecule has 0 spiro atoms. The highest BCUT2D eigenvalue weighted by Gasteiger charge is 2.31. The maximum atomic E-state index is 6.40. The number of benzene rings is 2. The second kappa shape index (κ2) is 5.48. The smallest absolute Gasteiger partial charge is 0.0909 e. The van der Waals surface area contributed by atoms with E-state index in [0.29, 0.717) is 26.2 Å². The zero-order valence-corrected chi connectivity index (χ0v) is 12.7. The van der Waals surface area contributed by atoms with Gasteiger partial charge in [0.25, 0.3) is 0 Å². The van der Waals surface area contributed by atoms with Crippen molar-refractivity contribution in [2.75, 3.05) is 0 Å². The SMILES string of the molecule is Clc1cccc(C(Cl)(Cl)c2cc(Cl)ccc2Cl)c1. The highest BCUT2D eigenvalue weighted by molar-refractivity contribution is 6.51. The summed E-state index contributed by atoms with van der Waals surface area (Å²) in [5.41, 5.74) is 1.17. The molecule has 2 aromatic carbocycles. The van der Waals surface area contributed by atoms with Gasteiger partial charge in [-0.2, -0.15) is 0 Å². The van der Waals surface area contributed by atoms with Crippen LogP contribution in [0.2, 0.25) is 15.1 Å². The molecule has 0 unspecified atom stereocenters. The van der Waals surface area contributed by atoms with Gasteiger partial charge in [-0.15, -0.1) is 0 Å². The van der Waals surface area contributed by atoms with Gasteiger partial charge in [0.1, 0.15) is 0 Å². The van der Waals surface area contributed by atoms with E-state index in [4.69, 9.17) is 58.0 Å². The quantitative estimate of drug-likeness (QED) is 0.561. The summed E-state index contributed by atoms with van der Waals surface area (Å²) in [6.45, 7) is 0. The molecule has 0 atom stereocenters. The molecular weight excluding hydrogens is 333 g/mol. The van der Waals surface area contributed by atoms with Crippen LogP contribution in [0.4, 0.5) is 0 Å². The topological polar surface area (TPSA) is 0 Å². The van der Waals surface area contributed by atoms with Crippen LogP contribution in [-0.2, 0) is 4.33 Å². The van der Waals surface area contributed by atoms with Crippen LogP contribution in [0.3, 0.4) is 0 Å². The van der Waals surface area contributed by atoms with Crippen LogP contribution in [0.15, 0.2) is 42.5 Å². The van der Waals surface area contributed by atoms with Crippen molar-refractivity contribution in [2.45, 2.75) is 4.33 Å². The Hall–Kier alpha value is -0.110. The summed E-state index contributed by atoms with van der Waals surface area (Å²) >= 11 is 30.8. The van der Waals surface area contributed by atoms with Crippen molar-refractivity contribution in [1.29, 1.82) is 0 Å². The molecule has 0 bridgehead atoms. The molecule has 0 saturated heterocycles. The van der Waals surface area contributed by atoms with Crippen LogP contribution < -0.4 is 0 Å². The van der Waals surface area contributed by atoms with Crippen molar-refractivity contribution in [2.24, 2.45) is 0 Å². The first-order chi connectivity index (χ1) is 8.41. The lowest BCUT2D eigenvalue weighted by Gasteiger charge is -2.22. The van der Waals surface area contributed by atoms with Gasteiger partial charge in [0.05, 0.1) is 0 Å². The molecule has 0 aromatic heterocycles. The van der Waals surface area contributed by atoms with E-state index in [1.54, 1.807) is 42.5 Å². The average molecular weight is 340 g/mol. The fourth-order valence-electron chi connectivity index (χ4n) is 1.58. The highest BCUT2D eigenvalue weighted by atomic mass is 35.5. The van der Waals surface area contributed by atoms with Crippen molar-refractivity contribution in [1.82, 2.24) is 0 Å². The molecule has 0 N–H and O–H groups in total. The Balaban J connectivity index is 2.57. The van der Waals surface area contributed by atoms with Crippen molar-refractivity contribution < 1.29 is 0 Å². The van der Waals surface area contributed by atoms with Crippen LogP contribution >= 0.6 is 58.0 Å². The highest BCUT2D eigenvalue weighted by Crippen LogP contribution is 2.45. The standard InChI is InChI=1S/C13H7Cl5/c14-9-3-1-2-8(6-9)13(17,18)11-7-10(15)4-5-12(11)16/h1-7H. The minimum absolute atomic E-state index is 0.448. The molecule has 0 nitrogen and oxygen atoms in total. The Morgan fingerprint density at radius 3 is 2.11 bits per heavy atom. The molecule has 0 aliphatic rings. The van der Waals surface area contributed by atoms with Gasteiger partial charge in [-0.25, -0.2) is 0 Å². The number of hydrogen-bond donors (Lipinski definition) is 0. The Morgan fingerprint density at radius 1 is 0.778 bits per heavy atom. The average Bonchev–Trinajstić information content (AvgIpc) is 2.32. The van der Waals surface area contributed by atoms with Crippen molar-refractivity contribution in [3.05, 3.63) is 68.7 Å². The van der Waals surface area contributed by atoms with E-state index < -0.39 is 4.33 Å². The normalized spacial score (nSPS) is 11.6. The van der Waals surface area contributed by atoms with Crippen LogP contribution in [0.5, 0.6) is 0 Å². The minimum Gasteiger partial charge on any atom is -0.0909 e. The molecule has 18 heavy (non-hydrogen) atoms. The molecule has 0 radical (unpaired) electrons. The van der Waals surface area contributed by atoms with E-state index in [2.05, 4.69) is 0 Å². The molecule has 0 aliphatic carbocycles. The molecule has 94 valence electrons. The molecule has 2 aromatic rings. The van der Waals surface area contributed by atoms with E-state index >= 15 is 0 Å². The molecule has 0 amide bonds. The van der Waals surface area contributed by atoms with Gasteiger partial charge in [0.2, 0.25) is 0 Å². The second-order valence-electron chi connectivity index (χ2n) is 3.71.